The maximum Gasteiger partial charge on any atom is 0.213 e. The number of fused-ring (bicyclic) bond motifs is 1. The molecule has 3 rings (SSSR count). The average Bonchev–Trinajstić information content (AvgIpc) is 3.00. The van der Waals surface area contributed by atoms with Crippen LogP contribution >= 0.6 is 0 Å². The second kappa shape index (κ2) is 5.25. The minimum atomic E-state index is -3.76. The molecule has 2 aromatic rings. The Kier molecular flexibility index (Phi) is 3.42. The Balaban J connectivity index is 1.86. The fraction of sp³-hybridized carbons (Fsp3) is 0.214. The molecule has 0 aliphatic carbocycles. The molecule has 1 aliphatic heterocycles. The van der Waals surface area contributed by atoms with Crippen LogP contribution in [0, 0.1) is 0 Å². The number of benzene rings is 1. The number of carbonyl (C=O) groups excluding carboxylic acids is 1. The monoisotopic (exact) mass is 308 g/mol. The van der Waals surface area contributed by atoms with Gasteiger partial charge < -0.3 is 13.9 Å². The van der Waals surface area contributed by atoms with Gasteiger partial charge in [0.1, 0.15) is 19.0 Å². The zero-order valence-corrected chi connectivity index (χ0v) is 11.8. The number of hydrogen-bond acceptors (Lipinski definition) is 6. The summed E-state index contributed by atoms with van der Waals surface area (Å²) in [6, 6.07) is 7.27. The lowest BCUT2D eigenvalue weighted by Crippen LogP contribution is -2.18. The molecule has 7 heteroatoms. The number of Topliss-reactive ketones (excluding diaryl/α,β-unsaturated/α-hetero) is 1. The van der Waals surface area contributed by atoms with Crippen molar-refractivity contribution >= 4 is 15.6 Å². The van der Waals surface area contributed by atoms with E-state index in [9.17, 15) is 13.2 Å². The van der Waals surface area contributed by atoms with Gasteiger partial charge in [0.15, 0.2) is 27.1 Å². The van der Waals surface area contributed by atoms with Crippen LogP contribution in [0.4, 0.5) is 0 Å². The third kappa shape index (κ3) is 2.78. The summed E-state index contributed by atoms with van der Waals surface area (Å²) < 4.78 is 40.1. The van der Waals surface area contributed by atoms with Crippen molar-refractivity contribution in [2.24, 2.45) is 0 Å². The standard InChI is InChI=1S/C14H12O6S/c15-11(12-2-1-5-18-12)9-21(16,17)10-3-4-13-14(8-10)20-7-6-19-13/h1-5,8H,6-7,9H2. The van der Waals surface area contributed by atoms with Crippen LogP contribution in [0.15, 0.2) is 45.9 Å². The summed E-state index contributed by atoms with van der Waals surface area (Å²) in [5.41, 5.74) is 0. The molecule has 1 aromatic heterocycles. The molecule has 2 heterocycles. The lowest BCUT2D eigenvalue weighted by molar-refractivity contribution is 0.0990. The van der Waals surface area contributed by atoms with Crippen molar-refractivity contribution in [2.75, 3.05) is 19.0 Å². The predicted octanol–water partition coefficient (Wildman–Crippen LogP) is 1.71. The number of ketones is 1. The third-order valence-corrected chi connectivity index (χ3v) is 4.60. The summed E-state index contributed by atoms with van der Waals surface area (Å²) in [6.07, 6.45) is 1.32. The van der Waals surface area contributed by atoms with Gasteiger partial charge in [-0.15, -0.1) is 0 Å². The average molecular weight is 308 g/mol. The van der Waals surface area contributed by atoms with Gasteiger partial charge in [0, 0.05) is 6.07 Å². The molecule has 21 heavy (non-hydrogen) atoms. The Bertz CT molecular complexity index is 761. The molecule has 110 valence electrons. The van der Waals surface area contributed by atoms with Crippen LogP contribution in [0.25, 0.3) is 0 Å². The number of furan rings is 1. The lowest BCUT2D eigenvalue weighted by Gasteiger charge is -2.18. The molecular formula is C14H12O6S. The maximum absolute atomic E-state index is 12.3. The van der Waals surface area contributed by atoms with E-state index >= 15 is 0 Å². The van der Waals surface area contributed by atoms with Crippen LogP contribution in [0.5, 0.6) is 11.5 Å². The van der Waals surface area contributed by atoms with Crippen LogP contribution in [0.2, 0.25) is 0 Å². The first-order valence-corrected chi connectivity index (χ1v) is 7.90. The van der Waals surface area contributed by atoms with Gasteiger partial charge in [0.2, 0.25) is 5.78 Å². The van der Waals surface area contributed by atoms with Gasteiger partial charge in [-0.25, -0.2) is 8.42 Å². The van der Waals surface area contributed by atoms with E-state index in [1.165, 1.54) is 36.6 Å². The molecule has 6 nitrogen and oxygen atoms in total. The summed E-state index contributed by atoms with van der Waals surface area (Å²) >= 11 is 0. The summed E-state index contributed by atoms with van der Waals surface area (Å²) in [6.45, 7) is 0.790. The Hall–Kier alpha value is -2.28. The molecule has 0 atom stereocenters. The lowest BCUT2D eigenvalue weighted by atomic mass is 10.3. The highest BCUT2D eigenvalue weighted by atomic mass is 32.2. The van der Waals surface area contributed by atoms with E-state index in [0.717, 1.165) is 0 Å². The largest absolute Gasteiger partial charge is 0.486 e. The van der Waals surface area contributed by atoms with Crippen LogP contribution in [-0.2, 0) is 9.84 Å². The van der Waals surface area contributed by atoms with Gasteiger partial charge in [0.25, 0.3) is 0 Å². The fourth-order valence-corrected chi connectivity index (χ4v) is 3.20. The first-order chi connectivity index (χ1) is 10.1. The minimum Gasteiger partial charge on any atom is -0.486 e. The number of ether oxygens (including phenoxy) is 2. The highest BCUT2D eigenvalue weighted by Gasteiger charge is 2.24. The Labute approximate surface area is 121 Å². The molecular weight excluding hydrogens is 296 g/mol. The van der Waals surface area contributed by atoms with Crippen molar-refractivity contribution in [2.45, 2.75) is 4.90 Å². The van der Waals surface area contributed by atoms with Crippen LogP contribution in [0.1, 0.15) is 10.6 Å². The quantitative estimate of drug-likeness (QED) is 0.800. The van der Waals surface area contributed by atoms with Gasteiger partial charge in [-0.2, -0.15) is 0 Å². The van der Waals surface area contributed by atoms with Gasteiger partial charge in [-0.05, 0) is 24.3 Å². The molecule has 0 fully saturated rings. The van der Waals surface area contributed by atoms with Crippen LogP contribution in [-0.4, -0.2) is 33.2 Å². The Morgan fingerprint density at radius 2 is 1.86 bits per heavy atom. The zero-order chi connectivity index (χ0) is 14.9. The number of hydrogen-bond donors (Lipinski definition) is 0. The van der Waals surface area contributed by atoms with Gasteiger partial charge >= 0.3 is 0 Å². The smallest absolute Gasteiger partial charge is 0.213 e. The SMILES string of the molecule is O=C(CS(=O)(=O)c1ccc2c(c1)OCCO2)c1ccco1. The van der Waals surface area contributed by atoms with E-state index in [2.05, 4.69) is 0 Å². The molecule has 0 amide bonds. The summed E-state index contributed by atoms with van der Waals surface area (Å²) in [5, 5.41) is 0. The highest BCUT2D eigenvalue weighted by Crippen LogP contribution is 2.32. The van der Waals surface area contributed by atoms with Crippen molar-refractivity contribution in [3.63, 3.8) is 0 Å². The summed E-state index contributed by atoms with van der Waals surface area (Å²) in [5.74, 6) is -0.350. The molecule has 1 aromatic carbocycles. The van der Waals surface area contributed by atoms with Crippen molar-refractivity contribution in [1.82, 2.24) is 0 Å². The summed E-state index contributed by atoms with van der Waals surface area (Å²) in [4.78, 5) is 11.9. The molecule has 0 N–H and O–H groups in total. The molecule has 0 saturated heterocycles. The van der Waals surface area contributed by atoms with E-state index in [1.54, 1.807) is 0 Å². The Morgan fingerprint density at radius 1 is 1.10 bits per heavy atom. The zero-order valence-electron chi connectivity index (χ0n) is 10.9. The van der Waals surface area contributed by atoms with Crippen LogP contribution in [0.3, 0.4) is 0 Å². The molecule has 0 radical (unpaired) electrons. The normalized spacial score (nSPS) is 13.9. The molecule has 0 bridgehead atoms. The minimum absolute atomic E-state index is 0.0201. The van der Waals surface area contributed by atoms with E-state index in [-0.39, 0.29) is 10.7 Å². The fourth-order valence-electron chi connectivity index (χ4n) is 1.98. The second-order valence-electron chi connectivity index (χ2n) is 4.47. The topological polar surface area (TPSA) is 82.8 Å². The van der Waals surface area contributed by atoms with Crippen molar-refractivity contribution in [3.8, 4) is 11.5 Å². The van der Waals surface area contributed by atoms with Crippen molar-refractivity contribution in [3.05, 3.63) is 42.4 Å². The second-order valence-corrected chi connectivity index (χ2v) is 6.45. The maximum atomic E-state index is 12.3. The molecule has 1 aliphatic rings. The summed E-state index contributed by atoms with van der Waals surface area (Å²) in [7, 11) is -3.76. The van der Waals surface area contributed by atoms with E-state index < -0.39 is 21.4 Å². The molecule has 0 unspecified atom stereocenters. The molecule has 0 saturated carbocycles. The van der Waals surface area contributed by atoms with Gasteiger partial charge in [0.05, 0.1) is 11.2 Å². The predicted molar refractivity (Wildman–Crippen MR) is 72.5 cm³/mol. The van der Waals surface area contributed by atoms with E-state index in [0.29, 0.717) is 24.7 Å². The first kappa shape index (κ1) is 13.7. The third-order valence-electron chi connectivity index (χ3n) is 2.99. The van der Waals surface area contributed by atoms with Gasteiger partial charge in [-0.1, -0.05) is 0 Å². The first-order valence-electron chi connectivity index (χ1n) is 6.25. The Morgan fingerprint density at radius 3 is 2.57 bits per heavy atom. The number of sulfone groups is 1. The van der Waals surface area contributed by atoms with E-state index in [1.807, 2.05) is 0 Å². The number of carbonyl (C=O) groups is 1. The van der Waals surface area contributed by atoms with Crippen LogP contribution < -0.4 is 9.47 Å². The van der Waals surface area contributed by atoms with E-state index in [4.69, 9.17) is 13.9 Å². The van der Waals surface area contributed by atoms with Gasteiger partial charge in [-0.3, -0.25) is 4.79 Å². The van der Waals surface area contributed by atoms with Crippen molar-refractivity contribution < 1.29 is 27.1 Å². The molecule has 0 spiro atoms. The highest BCUT2D eigenvalue weighted by molar-refractivity contribution is 7.92. The number of rotatable bonds is 4. The van der Waals surface area contributed by atoms with Crippen molar-refractivity contribution in [1.29, 1.82) is 0 Å².